The van der Waals surface area contributed by atoms with E-state index in [1.165, 1.54) is 5.56 Å². The molecule has 0 aliphatic rings. The zero-order valence-corrected chi connectivity index (χ0v) is 6.66. The average Bonchev–Trinajstić information content (AvgIpc) is 2.05. The Hall–Kier alpha value is -1.11. The van der Waals surface area contributed by atoms with E-state index >= 15 is 0 Å². The number of hydrogen-bond donors (Lipinski definition) is 0. The van der Waals surface area contributed by atoms with Gasteiger partial charge in [0, 0.05) is 0 Å². The Balaban J connectivity index is 0.000001000. The number of allylic oxidation sites excluding steroid dienone is 1. The third kappa shape index (κ3) is 2.54. The van der Waals surface area contributed by atoms with Crippen LogP contribution in [0.2, 0.25) is 0 Å². The Morgan fingerprint density at radius 1 is 1.27 bits per heavy atom. The van der Waals surface area contributed by atoms with E-state index in [2.05, 4.69) is 37.8 Å². The molecule has 0 radical (unpaired) electrons. The molecule has 1 atom stereocenters. The van der Waals surface area contributed by atoms with Crippen LogP contribution in [0.4, 0.5) is 4.70 Å². The molecule has 0 fully saturated rings. The van der Waals surface area contributed by atoms with E-state index in [9.17, 15) is 0 Å². The van der Waals surface area contributed by atoms with Crippen molar-refractivity contribution >= 4 is 0 Å². The van der Waals surface area contributed by atoms with Gasteiger partial charge in [-0.1, -0.05) is 43.3 Å². The van der Waals surface area contributed by atoms with E-state index in [0.717, 1.165) is 0 Å². The number of halogens is 1. The van der Waals surface area contributed by atoms with Crippen molar-refractivity contribution in [3.05, 3.63) is 48.6 Å². The maximum Gasteiger partial charge on any atom is -0.00131 e. The second-order valence-electron chi connectivity index (χ2n) is 2.44. The van der Waals surface area contributed by atoms with Gasteiger partial charge in [0.05, 0.1) is 0 Å². The maximum atomic E-state index is 3.74. The summed E-state index contributed by atoms with van der Waals surface area (Å²) in [5.41, 5.74) is 1.33. The molecule has 0 spiro atoms. The van der Waals surface area contributed by atoms with Gasteiger partial charge >= 0.3 is 0 Å². The van der Waals surface area contributed by atoms with Crippen molar-refractivity contribution in [3.8, 4) is 0 Å². The summed E-state index contributed by atoms with van der Waals surface area (Å²) >= 11 is 0. The van der Waals surface area contributed by atoms with Gasteiger partial charge in [0.2, 0.25) is 0 Å². The molecule has 0 bridgehead atoms. The molecule has 1 heteroatoms. The minimum Gasteiger partial charge on any atom is -0.269 e. The van der Waals surface area contributed by atoms with E-state index in [4.69, 9.17) is 0 Å². The Morgan fingerprint density at radius 3 is 2.27 bits per heavy atom. The van der Waals surface area contributed by atoms with E-state index in [-0.39, 0.29) is 4.70 Å². The van der Waals surface area contributed by atoms with Gasteiger partial charge in [0.1, 0.15) is 0 Å². The Labute approximate surface area is 66.9 Å². The van der Waals surface area contributed by atoms with E-state index < -0.39 is 0 Å². The summed E-state index contributed by atoms with van der Waals surface area (Å²) in [4.78, 5) is 0. The minimum absolute atomic E-state index is 0. The predicted octanol–water partition coefficient (Wildman–Crippen LogP) is 3.13. The largest absolute Gasteiger partial charge is 0.269 e. The van der Waals surface area contributed by atoms with E-state index in [0.29, 0.717) is 5.92 Å². The van der Waals surface area contributed by atoms with Gasteiger partial charge in [0.15, 0.2) is 0 Å². The molecule has 0 nitrogen and oxygen atoms in total. The zero-order chi connectivity index (χ0) is 7.40. The molecule has 0 aliphatic carbocycles. The van der Waals surface area contributed by atoms with Crippen LogP contribution in [0.1, 0.15) is 18.4 Å². The highest BCUT2D eigenvalue weighted by Gasteiger charge is 1.96. The molecule has 0 heterocycles. The summed E-state index contributed by atoms with van der Waals surface area (Å²) in [5.74, 6) is 0.473. The fourth-order valence-electron chi connectivity index (χ4n) is 0.893. The van der Waals surface area contributed by atoms with Gasteiger partial charge in [-0.2, -0.15) is 0 Å². The SMILES string of the molecule is C=C[C@@H](C)c1ccccc1.F. The van der Waals surface area contributed by atoms with Gasteiger partial charge < -0.3 is 0 Å². The highest BCUT2D eigenvalue weighted by Crippen LogP contribution is 2.14. The fourth-order valence-corrected chi connectivity index (χ4v) is 0.893. The molecule has 0 aliphatic heterocycles. The third-order valence-electron chi connectivity index (χ3n) is 1.68. The summed E-state index contributed by atoms with van der Waals surface area (Å²) < 4.78 is 0. The van der Waals surface area contributed by atoms with Crippen LogP contribution in [0.15, 0.2) is 43.0 Å². The Morgan fingerprint density at radius 2 is 1.82 bits per heavy atom. The van der Waals surface area contributed by atoms with Gasteiger partial charge in [-0.25, -0.2) is 0 Å². The first kappa shape index (κ1) is 9.89. The van der Waals surface area contributed by atoms with Crippen LogP contribution in [0.25, 0.3) is 0 Å². The van der Waals surface area contributed by atoms with Crippen molar-refractivity contribution in [2.24, 2.45) is 0 Å². The molecule has 11 heavy (non-hydrogen) atoms. The molecule has 0 aromatic heterocycles. The lowest BCUT2D eigenvalue weighted by atomic mass is 10.0. The van der Waals surface area contributed by atoms with Crippen molar-refractivity contribution in [3.63, 3.8) is 0 Å². The zero-order valence-electron chi connectivity index (χ0n) is 6.66. The third-order valence-corrected chi connectivity index (χ3v) is 1.68. The van der Waals surface area contributed by atoms with Crippen LogP contribution < -0.4 is 0 Å². The lowest BCUT2D eigenvalue weighted by Crippen LogP contribution is -1.85. The Bertz CT molecular complexity index is 203. The first-order chi connectivity index (χ1) is 4.84. The van der Waals surface area contributed by atoms with Crippen molar-refractivity contribution in [2.75, 3.05) is 0 Å². The van der Waals surface area contributed by atoms with Gasteiger partial charge in [-0.05, 0) is 11.5 Å². The smallest absolute Gasteiger partial charge is 0.00131 e. The molecular weight excluding hydrogens is 139 g/mol. The van der Waals surface area contributed by atoms with Gasteiger partial charge in [-0.3, -0.25) is 4.70 Å². The molecule has 0 saturated carbocycles. The van der Waals surface area contributed by atoms with E-state index in [1.54, 1.807) is 0 Å². The summed E-state index contributed by atoms with van der Waals surface area (Å²) in [6.07, 6.45) is 1.95. The lowest BCUT2D eigenvalue weighted by molar-refractivity contribution is 0.971. The summed E-state index contributed by atoms with van der Waals surface area (Å²) in [6, 6.07) is 10.4. The van der Waals surface area contributed by atoms with Crippen LogP contribution >= 0.6 is 0 Å². The number of benzene rings is 1. The quantitative estimate of drug-likeness (QED) is 0.571. The highest BCUT2D eigenvalue weighted by molar-refractivity contribution is 5.21. The molecule has 0 amide bonds. The number of rotatable bonds is 2. The van der Waals surface area contributed by atoms with Crippen LogP contribution in [0.5, 0.6) is 0 Å². The predicted molar refractivity (Wildman–Crippen MR) is 47.6 cm³/mol. The van der Waals surface area contributed by atoms with Crippen molar-refractivity contribution in [1.82, 2.24) is 0 Å². The van der Waals surface area contributed by atoms with Crippen molar-refractivity contribution < 1.29 is 4.70 Å². The van der Waals surface area contributed by atoms with E-state index in [1.807, 2.05) is 12.1 Å². The summed E-state index contributed by atoms with van der Waals surface area (Å²) in [5, 5.41) is 0. The van der Waals surface area contributed by atoms with Crippen LogP contribution in [-0.2, 0) is 0 Å². The average molecular weight is 152 g/mol. The van der Waals surface area contributed by atoms with Crippen molar-refractivity contribution in [1.29, 1.82) is 0 Å². The fraction of sp³-hybridized carbons (Fsp3) is 0.200. The topological polar surface area (TPSA) is 0 Å². The normalized spacial score (nSPS) is 11.4. The second-order valence-corrected chi connectivity index (χ2v) is 2.44. The first-order valence-corrected chi connectivity index (χ1v) is 3.52. The number of hydrogen-bond acceptors (Lipinski definition) is 0. The maximum absolute atomic E-state index is 3.74. The molecule has 1 aromatic carbocycles. The minimum atomic E-state index is 0. The van der Waals surface area contributed by atoms with Crippen LogP contribution in [0, 0.1) is 0 Å². The molecule has 1 aromatic rings. The lowest BCUT2D eigenvalue weighted by Gasteiger charge is -2.03. The monoisotopic (exact) mass is 152 g/mol. The molecule has 0 unspecified atom stereocenters. The molecule has 60 valence electrons. The van der Waals surface area contributed by atoms with Gasteiger partial charge in [0.25, 0.3) is 0 Å². The molecule has 0 N–H and O–H groups in total. The summed E-state index contributed by atoms with van der Waals surface area (Å²) in [7, 11) is 0. The second kappa shape index (κ2) is 4.67. The van der Waals surface area contributed by atoms with Crippen LogP contribution in [0.3, 0.4) is 0 Å². The highest BCUT2D eigenvalue weighted by atomic mass is 19.0. The molecule has 0 saturated heterocycles. The van der Waals surface area contributed by atoms with Crippen LogP contribution in [-0.4, -0.2) is 0 Å². The summed E-state index contributed by atoms with van der Waals surface area (Å²) in [6.45, 7) is 5.88. The first-order valence-electron chi connectivity index (χ1n) is 3.52. The molecular formula is C10H13F. The Kier molecular flexibility index (Phi) is 4.20. The standard InChI is InChI=1S/C10H12.FH/c1-3-9(2)10-7-5-4-6-8-10;/h3-9H,1H2,2H3;1H/t9-;/m1./s1. The van der Waals surface area contributed by atoms with Gasteiger partial charge in [-0.15, -0.1) is 6.58 Å². The molecule has 1 rings (SSSR count). The van der Waals surface area contributed by atoms with Crippen molar-refractivity contribution in [2.45, 2.75) is 12.8 Å².